The molecule has 162 valence electrons. The zero-order valence-electron chi connectivity index (χ0n) is 16.9. The molecule has 0 radical (unpaired) electrons. The van der Waals surface area contributed by atoms with Gasteiger partial charge in [-0.2, -0.15) is 14.6 Å². The number of hydrogen-bond acceptors (Lipinski definition) is 7. The van der Waals surface area contributed by atoms with Gasteiger partial charge in [-0.3, -0.25) is 4.79 Å². The largest absolute Gasteiger partial charge is 0.495 e. The highest BCUT2D eigenvalue weighted by atomic mass is 35.5. The fourth-order valence-corrected chi connectivity index (χ4v) is 2.74. The van der Waals surface area contributed by atoms with E-state index in [-0.39, 0.29) is 28.2 Å². The molecule has 0 unspecified atom stereocenters. The number of para-hydroxylation sites is 2. The molecule has 32 heavy (non-hydrogen) atoms. The van der Waals surface area contributed by atoms with Crippen LogP contribution in [0.15, 0.2) is 54.2 Å². The first kappa shape index (κ1) is 22.5. The van der Waals surface area contributed by atoms with Crippen molar-refractivity contribution in [1.29, 1.82) is 5.26 Å². The molecular formula is C22H16ClFN4O4. The van der Waals surface area contributed by atoms with Crippen molar-refractivity contribution in [1.82, 2.24) is 9.97 Å². The van der Waals surface area contributed by atoms with E-state index in [9.17, 15) is 14.4 Å². The standard InChI is InChI=1S/C22H16ClFN4O4/c1-30-17-6-4-3-5-16(17)27-20(29)14(11-25)9-13-7-8-18(19(10-13)31-2)32-21-15(24)12-26-22(23)28-21/h3-10,12H,1-2H3,(H,27,29)/b14-9-. The Bertz CT molecular complexity index is 1230. The molecular weight excluding hydrogens is 439 g/mol. The van der Waals surface area contributed by atoms with Gasteiger partial charge in [0, 0.05) is 0 Å². The Kier molecular flexibility index (Phi) is 7.21. The van der Waals surface area contributed by atoms with Crippen molar-refractivity contribution in [2.24, 2.45) is 0 Å². The minimum atomic E-state index is -0.805. The Morgan fingerprint density at radius 2 is 1.91 bits per heavy atom. The van der Waals surface area contributed by atoms with E-state index >= 15 is 0 Å². The molecule has 1 aromatic heterocycles. The van der Waals surface area contributed by atoms with Gasteiger partial charge in [-0.05, 0) is 47.5 Å². The summed E-state index contributed by atoms with van der Waals surface area (Å²) in [6, 6.07) is 13.2. The van der Waals surface area contributed by atoms with Crippen LogP contribution in [-0.2, 0) is 4.79 Å². The summed E-state index contributed by atoms with van der Waals surface area (Å²) in [4.78, 5) is 19.8. The second-order valence-electron chi connectivity index (χ2n) is 6.13. The van der Waals surface area contributed by atoms with Crippen LogP contribution in [0.1, 0.15) is 5.56 Å². The van der Waals surface area contributed by atoms with Gasteiger partial charge >= 0.3 is 0 Å². The third-order valence-corrected chi connectivity index (χ3v) is 4.29. The van der Waals surface area contributed by atoms with Gasteiger partial charge in [0.25, 0.3) is 11.8 Å². The van der Waals surface area contributed by atoms with E-state index in [1.54, 1.807) is 30.3 Å². The molecule has 0 saturated carbocycles. The van der Waals surface area contributed by atoms with Gasteiger partial charge < -0.3 is 19.5 Å². The number of nitrogens with zero attached hydrogens (tertiary/aromatic N) is 3. The lowest BCUT2D eigenvalue weighted by Gasteiger charge is -2.11. The molecule has 3 aromatic rings. The van der Waals surface area contributed by atoms with Gasteiger partial charge in [-0.1, -0.05) is 18.2 Å². The Labute approximate surface area is 187 Å². The molecule has 1 N–H and O–H groups in total. The van der Waals surface area contributed by atoms with Crippen molar-refractivity contribution >= 4 is 29.3 Å². The number of anilines is 1. The molecule has 10 heteroatoms. The molecule has 0 spiro atoms. The zero-order chi connectivity index (χ0) is 23.1. The Morgan fingerprint density at radius 1 is 1.16 bits per heavy atom. The molecule has 0 aliphatic carbocycles. The van der Waals surface area contributed by atoms with Gasteiger partial charge in [-0.25, -0.2) is 4.98 Å². The highest BCUT2D eigenvalue weighted by molar-refractivity contribution is 6.28. The van der Waals surface area contributed by atoms with E-state index in [0.29, 0.717) is 17.0 Å². The van der Waals surface area contributed by atoms with Crippen molar-refractivity contribution in [2.45, 2.75) is 0 Å². The highest BCUT2D eigenvalue weighted by Crippen LogP contribution is 2.33. The maximum atomic E-state index is 13.9. The van der Waals surface area contributed by atoms with Crippen LogP contribution in [0, 0.1) is 17.1 Å². The molecule has 0 saturated heterocycles. The third-order valence-electron chi connectivity index (χ3n) is 4.11. The van der Waals surface area contributed by atoms with Crippen LogP contribution in [0.4, 0.5) is 10.1 Å². The summed E-state index contributed by atoms with van der Waals surface area (Å²) < 4.78 is 29.8. The van der Waals surface area contributed by atoms with Crippen molar-refractivity contribution in [2.75, 3.05) is 19.5 Å². The first-order chi connectivity index (χ1) is 15.4. The number of methoxy groups -OCH3 is 2. The first-order valence-electron chi connectivity index (χ1n) is 9.05. The van der Waals surface area contributed by atoms with E-state index in [2.05, 4.69) is 15.3 Å². The second-order valence-corrected chi connectivity index (χ2v) is 6.47. The number of carbonyl (C=O) groups excluding carboxylic acids is 1. The summed E-state index contributed by atoms with van der Waals surface area (Å²) >= 11 is 5.68. The number of hydrogen-bond donors (Lipinski definition) is 1. The number of halogens is 2. The van der Waals surface area contributed by atoms with Crippen LogP contribution in [0.25, 0.3) is 6.08 Å². The molecule has 1 heterocycles. The molecule has 1 amide bonds. The van der Waals surface area contributed by atoms with E-state index < -0.39 is 11.7 Å². The second kappa shape index (κ2) is 10.2. The quantitative estimate of drug-likeness (QED) is 0.315. The normalized spacial score (nSPS) is 10.8. The summed E-state index contributed by atoms with van der Waals surface area (Å²) in [5.41, 5.74) is 0.746. The van der Waals surface area contributed by atoms with Crippen LogP contribution in [0.5, 0.6) is 23.1 Å². The summed E-state index contributed by atoms with van der Waals surface area (Å²) in [7, 11) is 2.86. The van der Waals surface area contributed by atoms with Crippen molar-refractivity contribution < 1.29 is 23.4 Å². The van der Waals surface area contributed by atoms with Crippen LogP contribution >= 0.6 is 11.6 Å². The van der Waals surface area contributed by atoms with E-state index in [1.165, 1.54) is 32.4 Å². The topological polar surface area (TPSA) is 106 Å². The van der Waals surface area contributed by atoms with Crippen molar-refractivity contribution in [3.05, 3.63) is 70.9 Å². The molecule has 3 rings (SSSR count). The fourth-order valence-electron chi connectivity index (χ4n) is 2.62. The molecule has 0 bridgehead atoms. The first-order valence-corrected chi connectivity index (χ1v) is 9.43. The van der Waals surface area contributed by atoms with Gasteiger partial charge in [-0.15, -0.1) is 0 Å². The number of carbonyl (C=O) groups is 1. The van der Waals surface area contributed by atoms with Gasteiger partial charge in [0.1, 0.15) is 17.4 Å². The molecule has 0 fully saturated rings. The summed E-state index contributed by atoms with van der Waals surface area (Å²) in [6.07, 6.45) is 2.26. The number of nitrogens with one attached hydrogen (secondary N) is 1. The molecule has 0 aliphatic heterocycles. The Hall–Kier alpha value is -4.16. The number of amides is 1. The molecule has 2 aromatic carbocycles. The molecule has 0 aliphatic rings. The molecule has 8 nitrogen and oxygen atoms in total. The van der Waals surface area contributed by atoms with E-state index in [4.69, 9.17) is 25.8 Å². The lowest BCUT2D eigenvalue weighted by molar-refractivity contribution is -0.112. The van der Waals surface area contributed by atoms with Crippen LogP contribution < -0.4 is 19.5 Å². The predicted molar refractivity (Wildman–Crippen MR) is 115 cm³/mol. The van der Waals surface area contributed by atoms with Gasteiger partial charge in [0.2, 0.25) is 11.1 Å². The third kappa shape index (κ3) is 5.30. The smallest absolute Gasteiger partial charge is 0.266 e. The number of nitriles is 1. The van der Waals surface area contributed by atoms with Gasteiger partial charge in [0.05, 0.1) is 26.1 Å². The minimum absolute atomic E-state index is 0.148. The number of rotatable bonds is 7. The van der Waals surface area contributed by atoms with E-state index in [1.807, 2.05) is 6.07 Å². The Balaban J connectivity index is 1.85. The number of ether oxygens (including phenoxy) is 3. The van der Waals surface area contributed by atoms with Crippen molar-refractivity contribution in [3.63, 3.8) is 0 Å². The highest BCUT2D eigenvalue weighted by Gasteiger charge is 2.15. The monoisotopic (exact) mass is 454 g/mol. The minimum Gasteiger partial charge on any atom is -0.495 e. The Morgan fingerprint density at radius 3 is 2.62 bits per heavy atom. The van der Waals surface area contributed by atoms with E-state index in [0.717, 1.165) is 6.20 Å². The van der Waals surface area contributed by atoms with Crippen molar-refractivity contribution in [3.8, 4) is 29.2 Å². The maximum Gasteiger partial charge on any atom is 0.266 e. The molecule has 0 atom stereocenters. The van der Waals surface area contributed by atoms with Crippen LogP contribution in [-0.4, -0.2) is 30.1 Å². The van der Waals surface area contributed by atoms with Crippen LogP contribution in [0.3, 0.4) is 0 Å². The summed E-state index contributed by atoms with van der Waals surface area (Å²) in [5.74, 6) is -0.973. The fraction of sp³-hybridized carbons (Fsp3) is 0.0909. The van der Waals surface area contributed by atoms with Crippen LogP contribution in [0.2, 0.25) is 5.28 Å². The summed E-state index contributed by atoms with van der Waals surface area (Å²) in [5, 5.41) is 11.9. The lowest BCUT2D eigenvalue weighted by Crippen LogP contribution is -2.14. The predicted octanol–water partition coefficient (Wildman–Crippen LogP) is 4.62. The SMILES string of the molecule is COc1ccccc1NC(=O)/C(C#N)=C\c1ccc(Oc2nc(Cl)ncc2F)c(OC)c1. The zero-order valence-corrected chi connectivity index (χ0v) is 17.7. The average molecular weight is 455 g/mol. The maximum absolute atomic E-state index is 13.9. The number of aromatic nitrogens is 2. The number of benzene rings is 2. The average Bonchev–Trinajstić information content (AvgIpc) is 2.80. The van der Waals surface area contributed by atoms with Gasteiger partial charge in [0.15, 0.2) is 11.5 Å². The summed E-state index contributed by atoms with van der Waals surface area (Å²) in [6.45, 7) is 0. The lowest BCUT2D eigenvalue weighted by atomic mass is 10.1.